The monoisotopic (exact) mass is 429 g/mol. The number of fused-ring (bicyclic) bond motifs is 5. The van der Waals surface area contributed by atoms with Gasteiger partial charge < -0.3 is 14.7 Å². The zero-order chi connectivity index (χ0) is 21.0. The van der Waals surface area contributed by atoms with E-state index in [1.807, 2.05) is 22.8 Å². The Morgan fingerprint density at radius 3 is 2.67 bits per heavy atom. The van der Waals surface area contributed by atoms with Crippen molar-refractivity contribution in [2.75, 3.05) is 49.1 Å². The number of piperidine rings is 1. The summed E-state index contributed by atoms with van der Waals surface area (Å²) >= 11 is 0. The van der Waals surface area contributed by atoms with Crippen LogP contribution in [0, 0.1) is 11.3 Å². The van der Waals surface area contributed by atoms with Gasteiger partial charge in [0.25, 0.3) is 0 Å². The van der Waals surface area contributed by atoms with Gasteiger partial charge in [0.2, 0.25) is 0 Å². The molecule has 0 aliphatic carbocycles. The number of urea groups is 1. The van der Waals surface area contributed by atoms with Gasteiger partial charge in [0.05, 0.1) is 17.8 Å². The van der Waals surface area contributed by atoms with Crippen LogP contribution in [-0.2, 0) is 17.8 Å². The Balaban J connectivity index is 1.42. The first-order valence-corrected chi connectivity index (χ1v) is 12.4. The number of hydrogen-bond donors (Lipinski definition) is 0. The standard InChI is InChI=1S/C22H31N5O2S/c1-22(2)11-16-13-26(21(28)25-6-8-30(29)9-7-25)15-20(22)27(14-16)18-4-5-19-17(10-18)12-23-24(19)3/h4-5,10,12,16,20H,6-9,11,13-15H2,1-3H3. The molecule has 1 aromatic carbocycles. The highest BCUT2D eigenvalue weighted by molar-refractivity contribution is 7.85. The van der Waals surface area contributed by atoms with Gasteiger partial charge in [-0.1, -0.05) is 13.8 Å². The molecule has 0 radical (unpaired) electrons. The number of aryl methyl sites for hydroxylation is 1. The first-order valence-electron chi connectivity index (χ1n) is 10.9. The number of benzene rings is 1. The van der Waals surface area contributed by atoms with Crippen LogP contribution in [0.2, 0.25) is 0 Å². The van der Waals surface area contributed by atoms with E-state index < -0.39 is 10.8 Å². The lowest BCUT2D eigenvalue weighted by atomic mass is 9.73. The average Bonchev–Trinajstić information content (AvgIpc) is 2.90. The van der Waals surface area contributed by atoms with Crippen molar-refractivity contribution in [3.05, 3.63) is 24.4 Å². The number of carbonyl (C=O) groups is 1. The van der Waals surface area contributed by atoms with Gasteiger partial charge >= 0.3 is 6.03 Å². The zero-order valence-corrected chi connectivity index (χ0v) is 18.9. The van der Waals surface area contributed by atoms with E-state index in [0.29, 0.717) is 30.5 Å². The molecular weight excluding hydrogens is 398 g/mol. The number of anilines is 1. The van der Waals surface area contributed by atoms with E-state index >= 15 is 0 Å². The third kappa shape index (κ3) is 3.39. The fourth-order valence-corrected chi connectivity index (χ4v) is 6.69. The van der Waals surface area contributed by atoms with Crippen molar-refractivity contribution in [2.24, 2.45) is 18.4 Å². The normalized spacial score (nSPS) is 27.0. The highest BCUT2D eigenvalue weighted by Gasteiger charge is 2.47. The summed E-state index contributed by atoms with van der Waals surface area (Å²) in [6.45, 7) is 8.45. The molecule has 4 saturated heterocycles. The van der Waals surface area contributed by atoms with Crippen LogP contribution in [0.5, 0.6) is 0 Å². The quantitative estimate of drug-likeness (QED) is 0.698. The lowest BCUT2D eigenvalue weighted by molar-refractivity contribution is 0.153. The van der Waals surface area contributed by atoms with Crippen molar-refractivity contribution < 1.29 is 9.00 Å². The fraction of sp³-hybridized carbons (Fsp3) is 0.636. The van der Waals surface area contributed by atoms with Gasteiger partial charge in [-0.05, 0) is 36.0 Å². The lowest BCUT2D eigenvalue weighted by Crippen LogP contribution is -2.55. The van der Waals surface area contributed by atoms with Crippen molar-refractivity contribution >= 4 is 33.4 Å². The third-order valence-corrected chi connectivity index (χ3v) is 8.48. The van der Waals surface area contributed by atoms with Crippen LogP contribution in [0.25, 0.3) is 10.9 Å². The molecule has 0 spiro atoms. The third-order valence-electron chi connectivity index (χ3n) is 7.20. The maximum Gasteiger partial charge on any atom is 0.320 e. The molecule has 4 aliphatic rings. The first-order chi connectivity index (χ1) is 14.3. The van der Waals surface area contributed by atoms with Gasteiger partial charge in [0, 0.05) is 73.2 Å². The number of rotatable bonds is 1. The molecule has 162 valence electrons. The molecule has 4 fully saturated rings. The smallest absolute Gasteiger partial charge is 0.320 e. The van der Waals surface area contributed by atoms with Gasteiger partial charge in [0.1, 0.15) is 0 Å². The lowest BCUT2D eigenvalue weighted by Gasteiger charge is -2.48. The SMILES string of the molecule is Cn1ncc2cc(N3CC4CN(C(=O)N5CCS(=O)CC5)CC3C(C)(C)C4)ccc21. The molecule has 2 atom stereocenters. The Morgan fingerprint density at radius 1 is 1.13 bits per heavy atom. The van der Waals surface area contributed by atoms with Gasteiger partial charge in [0.15, 0.2) is 0 Å². The van der Waals surface area contributed by atoms with Crippen LogP contribution < -0.4 is 4.90 Å². The van der Waals surface area contributed by atoms with Crippen molar-refractivity contribution in [1.29, 1.82) is 0 Å². The molecule has 6 rings (SSSR count). The highest BCUT2D eigenvalue weighted by atomic mass is 32.2. The number of carbonyl (C=O) groups excluding carboxylic acids is 1. The summed E-state index contributed by atoms with van der Waals surface area (Å²) in [5.41, 5.74) is 2.49. The molecule has 2 unspecified atom stereocenters. The Morgan fingerprint density at radius 2 is 1.90 bits per heavy atom. The molecule has 2 bridgehead atoms. The highest BCUT2D eigenvalue weighted by Crippen LogP contribution is 2.43. The van der Waals surface area contributed by atoms with Crippen LogP contribution in [0.3, 0.4) is 0 Å². The molecular formula is C22H31N5O2S. The van der Waals surface area contributed by atoms with Crippen molar-refractivity contribution in [1.82, 2.24) is 19.6 Å². The maximum absolute atomic E-state index is 13.3. The van der Waals surface area contributed by atoms with Crippen LogP contribution >= 0.6 is 0 Å². The molecule has 0 N–H and O–H groups in total. The molecule has 2 amide bonds. The van der Waals surface area contributed by atoms with Gasteiger partial charge in [-0.15, -0.1) is 0 Å². The molecule has 0 saturated carbocycles. The summed E-state index contributed by atoms with van der Waals surface area (Å²) in [7, 11) is 1.20. The molecule has 4 aliphatic heterocycles. The van der Waals surface area contributed by atoms with Crippen LogP contribution in [0.15, 0.2) is 24.4 Å². The van der Waals surface area contributed by atoms with E-state index in [-0.39, 0.29) is 17.5 Å². The second-order valence-electron chi connectivity index (χ2n) is 9.76. The summed E-state index contributed by atoms with van der Waals surface area (Å²) in [6.07, 6.45) is 3.06. The Hall–Kier alpha value is -2.09. The molecule has 1 aromatic heterocycles. The van der Waals surface area contributed by atoms with Crippen LogP contribution in [0.4, 0.5) is 10.5 Å². The van der Waals surface area contributed by atoms with Gasteiger partial charge in [-0.3, -0.25) is 8.89 Å². The number of hydrogen-bond acceptors (Lipinski definition) is 4. The summed E-state index contributed by atoms with van der Waals surface area (Å²) in [5, 5.41) is 5.54. The minimum Gasteiger partial charge on any atom is -0.366 e. The predicted molar refractivity (Wildman–Crippen MR) is 120 cm³/mol. The van der Waals surface area contributed by atoms with Crippen LogP contribution in [-0.4, -0.2) is 80.1 Å². The van der Waals surface area contributed by atoms with E-state index in [0.717, 1.165) is 37.0 Å². The Kier molecular flexibility index (Phi) is 4.80. The minimum atomic E-state index is -0.768. The van der Waals surface area contributed by atoms with Crippen molar-refractivity contribution in [2.45, 2.75) is 26.3 Å². The summed E-state index contributed by atoms with van der Waals surface area (Å²) in [4.78, 5) is 19.8. The van der Waals surface area contributed by atoms with E-state index in [2.05, 4.69) is 46.9 Å². The number of aromatic nitrogens is 2. The summed E-state index contributed by atoms with van der Waals surface area (Å²) in [6, 6.07) is 7.00. The van der Waals surface area contributed by atoms with Crippen molar-refractivity contribution in [3.8, 4) is 0 Å². The molecule has 5 heterocycles. The van der Waals surface area contributed by atoms with Gasteiger partial charge in [-0.25, -0.2) is 4.79 Å². The summed E-state index contributed by atoms with van der Waals surface area (Å²) < 4.78 is 13.6. The molecule has 8 heteroatoms. The topological polar surface area (TPSA) is 61.7 Å². The number of nitrogens with zero attached hydrogens (tertiary/aromatic N) is 5. The Bertz CT molecular complexity index is 993. The molecule has 7 nitrogen and oxygen atoms in total. The first kappa shape index (κ1) is 19.8. The molecule has 2 aromatic rings. The van der Waals surface area contributed by atoms with E-state index in [9.17, 15) is 9.00 Å². The number of amides is 2. The van der Waals surface area contributed by atoms with E-state index in [1.165, 1.54) is 5.69 Å². The van der Waals surface area contributed by atoms with Crippen LogP contribution in [0.1, 0.15) is 20.3 Å². The van der Waals surface area contributed by atoms with E-state index in [1.54, 1.807) is 0 Å². The van der Waals surface area contributed by atoms with E-state index in [4.69, 9.17) is 0 Å². The average molecular weight is 430 g/mol. The maximum atomic E-state index is 13.3. The van der Waals surface area contributed by atoms with Crippen molar-refractivity contribution in [3.63, 3.8) is 0 Å². The Labute approximate surface area is 180 Å². The minimum absolute atomic E-state index is 0.129. The largest absolute Gasteiger partial charge is 0.366 e. The zero-order valence-electron chi connectivity index (χ0n) is 18.1. The second kappa shape index (κ2) is 7.25. The summed E-state index contributed by atoms with van der Waals surface area (Å²) in [5.74, 6) is 1.66. The second-order valence-corrected chi connectivity index (χ2v) is 11.5. The fourth-order valence-electron chi connectivity index (χ4n) is 5.64. The van der Waals surface area contributed by atoms with Gasteiger partial charge in [-0.2, -0.15) is 5.10 Å². The molecule has 30 heavy (non-hydrogen) atoms. The predicted octanol–water partition coefficient (Wildman–Crippen LogP) is 2.29.